The fourth-order valence-corrected chi connectivity index (χ4v) is 7.41. The molecule has 1 aliphatic heterocycles. The summed E-state index contributed by atoms with van der Waals surface area (Å²) in [6, 6.07) is 11.2. The average Bonchev–Trinajstić information content (AvgIpc) is 3.27. The smallest absolute Gasteiger partial charge is 0.250 e. The second-order valence-corrected chi connectivity index (χ2v) is 14.6. The average molecular weight is 565 g/mol. The molecule has 6 rings (SSSR count). The lowest BCUT2D eigenvalue weighted by Gasteiger charge is -2.38. The van der Waals surface area contributed by atoms with E-state index < -0.39 is 9.84 Å². The fourth-order valence-electron chi connectivity index (χ4n) is 6.90. The zero-order valence-electron chi connectivity index (χ0n) is 24.2. The highest BCUT2D eigenvalue weighted by atomic mass is 32.2. The summed E-state index contributed by atoms with van der Waals surface area (Å²) in [5.74, 6) is 3.43. The van der Waals surface area contributed by atoms with Crippen LogP contribution in [-0.4, -0.2) is 46.8 Å². The van der Waals surface area contributed by atoms with Crippen LogP contribution in [0.3, 0.4) is 0 Å². The van der Waals surface area contributed by atoms with Crippen LogP contribution >= 0.6 is 0 Å². The van der Waals surface area contributed by atoms with Crippen molar-refractivity contribution >= 4 is 32.8 Å². The van der Waals surface area contributed by atoms with Crippen LogP contribution in [0.2, 0.25) is 0 Å². The Labute approximate surface area is 238 Å². The van der Waals surface area contributed by atoms with Crippen molar-refractivity contribution in [3.05, 3.63) is 35.9 Å². The number of imidazole rings is 1. The molecule has 2 aromatic heterocycles. The topological polar surface area (TPSA) is 93.0 Å². The van der Waals surface area contributed by atoms with E-state index in [1.807, 2.05) is 0 Å². The van der Waals surface area contributed by atoms with Gasteiger partial charge >= 0.3 is 0 Å². The minimum Gasteiger partial charge on any atom is -0.365 e. The maximum Gasteiger partial charge on any atom is 0.250 e. The highest BCUT2D eigenvalue weighted by molar-refractivity contribution is 7.90. The van der Waals surface area contributed by atoms with Crippen LogP contribution in [0.5, 0.6) is 0 Å². The zero-order chi connectivity index (χ0) is 27.9. The largest absolute Gasteiger partial charge is 0.365 e. The summed E-state index contributed by atoms with van der Waals surface area (Å²) in [5, 5.41) is 3.50. The first-order chi connectivity index (χ1) is 19.3. The molecule has 9 heteroatoms. The first-order valence-corrected chi connectivity index (χ1v) is 17.2. The third-order valence-electron chi connectivity index (χ3n) is 9.64. The van der Waals surface area contributed by atoms with E-state index in [9.17, 15) is 8.42 Å². The molecule has 3 heterocycles. The summed E-state index contributed by atoms with van der Waals surface area (Å²) in [6.07, 6.45) is 13.1. The van der Waals surface area contributed by atoms with Gasteiger partial charge in [0.25, 0.3) is 5.16 Å². The first-order valence-electron chi connectivity index (χ1n) is 15.3. The van der Waals surface area contributed by atoms with Gasteiger partial charge in [-0.25, -0.2) is 8.42 Å². The van der Waals surface area contributed by atoms with E-state index in [4.69, 9.17) is 4.98 Å². The van der Waals surface area contributed by atoms with Gasteiger partial charge in [-0.05, 0) is 75.2 Å². The van der Waals surface area contributed by atoms with Crippen molar-refractivity contribution in [2.45, 2.75) is 102 Å². The van der Waals surface area contributed by atoms with Gasteiger partial charge < -0.3 is 14.8 Å². The van der Waals surface area contributed by atoms with Crippen molar-refractivity contribution in [2.75, 3.05) is 23.0 Å². The van der Waals surface area contributed by atoms with Gasteiger partial charge in [0, 0.05) is 25.4 Å². The van der Waals surface area contributed by atoms with Gasteiger partial charge in [-0.3, -0.25) is 0 Å². The van der Waals surface area contributed by atoms with E-state index in [0.29, 0.717) is 23.3 Å². The maximum absolute atomic E-state index is 12.7. The third kappa shape index (κ3) is 5.58. The number of nitrogens with one attached hydrogen (secondary N) is 1. The highest BCUT2D eigenvalue weighted by Gasteiger charge is 2.33. The predicted octanol–water partition coefficient (Wildman–Crippen LogP) is 6.39. The molecule has 1 aromatic carbocycles. The molecule has 1 N–H and O–H groups in total. The third-order valence-corrected chi connectivity index (χ3v) is 10.5. The lowest BCUT2D eigenvalue weighted by Crippen LogP contribution is -2.36. The van der Waals surface area contributed by atoms with Gasteiger partial charge in [0.15, 0.2) is 11.5 Å². The standard InChI is InChI=1S/C31H44N6O2S/c1-21-15-17-23(18-16-21)20-37-27-28(32-22(2)24-12-9-13-24)33-30(40(3,38)39)34-29(27)35-31(37)36-19-8-7-14-26(36)25-10-5-4-6-11-25/h4-6,10-11,21-24,26H,7-9,12-20H2,1-3H3,(H,32,33,34)/t21?,22-,23?,26?/m1/s1. The molecule has 0 amide bonds. The molecule has 1 saturated heterocycles. The van der Waals surface area contributed by atoms with Crippen LogP contribution < -0.4 is 10.2 Å². The number of benzene rings is 1. The van der Waals surface area contributed by atoms with Gasteiger partial charge in [-0.15, -0.1) is 0 Å². The molecule has 0 bridgehead atoms. The number of anilines is 2. The van der Waals surface area contributed by atoms with Gasteiger partial charge in [0.1, 0.15) is 5.52 Å². The summed E-state index contributed by atoms with van der Waals surface area (Å²) in [4.78, 5) is 16.8. The molecular weight excluding hydrogens is 520 g/mol. The molecule has 216 valence electrons. The number of nitrogens with zero attached hydrogens (tertiary/aromatic N) is 5. The number of sulfone groups is 1. The molecule has 2 aliphatic carbocycles. The number of hydrogen-bond acceptors (Lipinski definition) is 7. The normalized spacial score (nSPS) is 25.1. The molecule has 3 fully saturated rings. The van der Waals surface area contributed by atoms with Crippen LogP contribution in [0.1, 0.15) is 89.7 Å². The lowest BCUT2D eigenvalue weighted by molar-refractivity contribution is 0.266. The number of rotatable bonds is 8. The minimum atomic E-state index is -3.61. The van der Waals surface area contributed by atoms with E-state index in [0.717, 1.165) is 43.3 Å². The van der Waals surface area contributed by atoms with Gasteiger partial charge in [0.05, 0.1) is 6.04 Å². The summed E-state index contributed by atoms with van der Waals surface area (Å²) >= 11 is 0. The van der Waals surface area contributed by atoms with Crippen LogP contribution in [0.25, 0.3) is 11.2 Å². The Balaban J connectivity index is 1.50. The number of aromatic nitrogens is 4. The van der Waals surface area contributed by atoms with E-state index in [1.54, 1.807) is 0 Å². The molecule has 8 nitrogen and oxygen atoms in total. The molecule has 2 saturated carbocycles. The molecule has 0 spiro atoms. The fraction of sp³-hybridized carbons (Fsp3) is 0.645. The van der Waals surface area contributed by atoms with Crippen molar-refractivity contribution in [3.63, 3.8) is 0 Å². The van der Waals surface area contributed by atoms with E-state index in [-0.39, 0.29) is 17.2 Å². The Morgan fingerprint density at radius 2 is 1.70 bits per heavy atom. The Kier molecular flexibility index (Phi) is 7.77. The van der Waals surface area contributed by atoms with Crippen molar-refractivity contribution < 1.29 is 8.42 Å². The van der Waals surface area contributed by atoms with Crippen LogP contribution in [-0.2, 0) is 16.4 Å². The van der Waals surface area contributed by atoms with Crippen LogP contribution in [0, 0.1) is 17.8 Å². The second kappa shape index (κ2) is 11.3. The first kappa shape index (κ1) is 27.5. The summed E-state index contributed by atoms with van der Waals surface area (Å²) in [5.41, 5.74) is 2.63. The minimum absolute atomic E-state index is 0.149. The quantitative estimate of drug-likeness (QED) is 0.317. The Morgan fingerprint density at radius 3 is 2.38 bits per heavy atom. The van der Waals surface area contributed by atoms with E-state index in [1.165, 1.54) is 63.2 Å². The highest BCUT2D eigenvalue weighted by Crippen LogP contribution is 2.40. The summed E-state index contributed by atoms with van der Waals surface area (Å²) in [7, 11) is -3.61. The monoisotopic (exact) mass is 564 g/mol. The SMILES string of the molecule is CC1CCC(Cn2c(N3CCCCC3c3ccccc3)nc3nc(S(C)(=O)=O)nc(N[C@H](C)C4CCC4)c32)CC1. The Morgan fingerprint density at radius 1 is 0.950 bits per heavy atom. The number of hydrogen-bond donors (Lipinski definition) is 1. The van der Waals surface area contributed by atoms with E-state index >= 15 is 0 Å². The molecular formula is C31H44N6O2S. The molecule has 1 unspecified atom stereocenters. The zero-order valence-corrected chi connectivity index (χ0v) is 25.0. The molecule has 3 aromatic rings. The maximum atomic E-state index is 12.7. The van der Waals surface area contributed by atoms with Crippen molar-refractivity contribution in [1.82, 2.24) is 19.5 Å². The number of fused-ring (bicyclic) bond motifs is 1. The molecule has 40 heavy (non-hydrogen) atoms. The lowest BCUT2D eigenvalue weighted by atomic mass is 9.80. The predicted molar refractivity (Wildman–Crippen MR) is 160 cm³/mol. The van der Waals surface area contributed by atoms with Gasteiger partial charge in [-0.2, -0.15) is 15.0 Å². The van der Waals surface area contributed by atoms with Crippen molar-refractivity contribution in [3.8, 4) is 0 Å². The molecule has 0 radical (unpaired) electrons. The Bertz CT molecular complexity index is 1430. The van der Waals surface area contributed by atoms with E-state index in [2.05, 4.69) is 68.9 Å². The van der Waals surface area contributed by atoms with Crippen molar-refractivity contribution in [1.29, 1.82) is 0 Å². The summed E-state index contributed by atoms with van der Waals surface area (Å²) < 4.78 is 27.7. The van der Waals surface area contributed by atoms with Crippen LogP contribution in [0.15, 0.2) is 35.5 Å². The number of piperidine rings is 1. The van der Waals surface area contributed by atoms with Gasteiger partial charge in [-0.1, -0.05) is 56.5 Å². The van der Waals surface area contributed by atoms with Crippen LogP contribution in [0.4, 0.5) is 11.8 Å². The Hall–Kier alpha value is -2.68. The molecule has 3 aliphatic rings. The molecule has 2 atom stereocenters. The van der Waals surface area contributed by atoms with Crippen molar-refractivity contribution in [2.24, 2.45) is 17.8 Å². The second-order valence-electron chi connectivity index (χ2n) is 12.7. The van der Waals surface area contributed by atoms with Gasteiger partial charge in [0.2, 0.25) is 15.8 Å². The summed E-state index contributed by atoms with van der Waals surface area (Å²) in [6.45, 7) is 6.32.